The minimum Gasteiger partial charge on any atom is -0.309 e. The van der Waals surface area contributed by atoms with Crippen molar-refractivity contribution in [3.63, 3.8) is 0 Å². The van der Waals surface area contributed by atoms with Crippen molar-refractivity contribution in [2.24, 2.45) is 0 Å². The lowest BCUT2D eigenvalue weighted by Gasteiger charge is -2.36. The van der Waals surface area contributed by atoms with E-state index in [0.717, 1.165) is 12.1 Å². The number of hydrogen-bond acceptors (Lipinski definition) is 1. The minimum atomic E-state index is -0.140. The molecule has 1 atom stereocenters. The first-order valence-corrected chi connectivity index (χ1v) is 7.51. The van der Waals surface area contributed by atoms with Gasteiger partial charge in [0.2, 0.25) is 0 Å². The molecule has 0 aromatic heterocycles. The van der Waals surface area contributed by atoms with E-state index < -0.39 is 0 Å². The fourth-order valence-electron chi connectivity index (χ4n) is 2.82. The summed E-state index contributed by atoms with van der Waals surface area (Å²) in [6.45, 7) is 9.12. The van der Waals surface area contributed by atoms with E-state index in [0.29, 0.717) is 5.56 Å². The largest absolute Gasteiger partial charge is 0.309 e. The van der Waals surface area contributed by atoms with Crippen molar-refractivity contribution in [3.05, 3.63) is 71.0 Å². The van der Waals surface area contributed by atoms with Gasteiger partial charge in [-0.25, -0.2) is 4.39 Å². The average molecular weight is 285 g/mol. The molecule has 0 fully saturated rings. The first-order chi connectivity index (χ1) is 9.96. The smallest absolute Gasteiger partial charge is 0.126 e. The quantitative estimate of drug-likeness (QED) is 0.835. The molecule has 2 heteroatoms. The van der Waals surface area contributed by atoms with Crippen molar-refractivity contribution in [2.45, 2.75) is 39.2 Å². The highest BCUT2D eigenvalue weighted by molar-refractivity contribution is 5.33. The van der Waals surface area contributed by atoms with Crippen molar-refractivity contribution >= 4 is 0 Å². The van der Waals surface area contributed by atoms with Crippen LogP contribution in [0.2, 0.25) is 0 Å². The van der Waals surface area contributed by atoms with E-state index in [2.05, 4.69) is 50.4 Å². The number of rotatable bonds is 5. The zero-order chi connectivity index (χ0) is 15.5. The number of benzene rings is 2. The standard InChI is InChI=1S/C19H24FN/c1-5-21-18(15-12-11-14(2)17(20)13-15)19(3,4)16-9-7-6-8-10-16/h6-13,18,21H,5H2,1-4H3. The molecular formula is C19H24FN. The monoisotopic (exact) mass is 285 g/mol. The molecule has 1 unspecified atom stereocenters. The number of halogens is 1. The van der Waals surface area contributed by atoms with Gasteiger partial charge in [0.15, 0.2) is 0 Å². The van der Waals surface area contributed by atoms with Gasteiger partial charge < -0.3 is 5.32 Å². The number of hydrogen-bond donors (Lipinski definition) is 1. The molecule has 2 aromatic carbocycles. The lowest BCUT2D eigenvalue weighted by molar-refractivity contribution is 0.353. The van der Waals surface area contributed by atoms with Gasteiger partial charge in [-0.15, -0.1) is 0 Å². The van der Waals surface area contributed by atoms with Crippen LogP contribution in [0.4, 0.5) is 4.39 Å². The third-order valence-corrected chi connectivity index (χ3v) is 4.18. The van der Waals surface area contributed by atoms with Crippen LogP contribution in [0.5, 0.6) is 0 Å². The third kappa shape index (κ3) is 3.33. The van der Waals surface area contributed by atoms with Crippen LogP contribution in [0.25, 0.3) is 0 Å². The summed E-state index contributed by atoms with van der Waals surface area (Å²) in [4.78, 5) is 0. The van der Waals surface area contributed by atoms with Gasteiger partial charge in [0.1, 0.15) is 5.82 Å². The van der Waals surface area contributed by atoms with Crippen LogP contribution in [0, 0.1) is 12.7 Å². The molecule has 0 spiro atoms. The molecular weight excluding hydrogens is 261 g/mol. The zero-order valence-corrected chi connectivity index (χ0v) is 13.3. The molecule has 112 valence electrons. The summed E-state index contributed by atoms with van der Waals surface area (Å²) >= 11 is 0. The molecule has 0 aliphatic carbocycles. The number of nitrogens with one attached hydrogen (secondary N) is 1. The van der Waals surface area contributed by atoms with Gasteiger partial charge in [-0.05, 0) is 36.2 Å². The highest BCUT2D eigenvalue weighted by Crippen LogP contribution is 2.37. The van der Waals surface area contributed by atoms with Crippen LogP contribution in [-0.4, -0.2) is 6.54 Å². The topological polar surface area (TPSA) is 12.0 Å². The van der Waals surface area contributed by atoms with Gasteiger partial charge in [-0.2, -0.15) is 0 Å². The first-order valence-electron chi connectivity index (χ1n) is 7.51. The molecule has 2 rings (SSSR count). The van der Waals surface area contributed by atoms with E-state index in [-0.39, 0.29) is 17.3 Å². The third-order valence-electron chi connectivity index (χ3n) is 4.18. The van der Waals surface area contributed by atoms with Crippen molar-refractivity contribution < 1.29 is 4.39 Å². The molecule has 1 nitrogen and oxygen atoms in total. The summed E-state index contributed by atoms with van der Waals surface area (Å²) in [5.41, 5.74) is 2.80. The maximum Gasteiger partial charge on any atom is 0.126 e. The summed E-state index contributed by atoms with van der Waals surface area (Å²) in [5.74, 6) is -0.140. The lowest BCUT2D eigenvalue weighted by atomic mass is 9.74. The SMILES string of the molecule is CCNC(c1ccc(C)c(F)c1)C(C)(C)c1ccccc1. The van der Waals surface area contributed by atoms with Crippen molar-refractivity contribution in [1.29, 1.82) is 0 Å². The fraction of sp³-hybridized carbons (Fsp3) is 0.368. The summed E-state index contributed by atoms with van der Waals surface area (Å²) in [5, 5.41) is 3.52. The molecule has 1 N–H and O–H groups in total. The summed E-state index contributed by atoms with van der Waals surface area (Å²) in [6.07, 6.45) is 0. The summed E-state index contributed by atoms with van der Waals surface area (Å²) in [7, 11) is 0. The Balaban J connectivity index is 2.44. The van der Waals surface area contributed by atoms with Gasteiger partial charge in [0.25, 0.3) is 0 Å². The molecule has 0 bridgehead atoms. The maximum absolute atomic E-state index is 13.9. The molecule has 0 heterocycles. The average Bonchev–Trinajstić information content (AvgIpc) is 2.48. The molecule has 0 aliphatic heterocycles. The van der Waals surface area contributed by atoms with Crippen molar-refractivity contribution in [3.8, 4) is 0 Å². The van der Waals surface area contributed by atoms with Gasteiger partial charge >= 0.3 is 0 Å². The molecule has 0 radical (unpaired) electrons. The van der Waals surface area contributed by atoms with Crippen LogP contribution in [-0.2, 0) is 5.41 Å². The molecule has 0 saturated carbocycles. The fourth-order valence-corrected chi connectivity index (χ4v) is 2.82. The van der Waals surface area contributed by atoms with E-state index in [1.54, 1.807) is 13.0 Å². The van der Waals surface area contributed by atoms with Gasteiger partial charge in [-0.1, -0.05) is 63.2 Å². The number of likely N-dealkylation sites (N-methyl/N-ethyl adjacent to an activating group) is 1. The Hall–Kier alpha value is -1.67. The number of aryl methyl sites for hydroxylation is 1. The van der Waals surface area contributed by atoms with Crippen LogP contribution >= 0.6 is 0 Å². The van der Waals surface area contributed by atoms with Crippen molar-refractivity contribution in [2.75, 3.05) is 6.54 Å². The normalized spacial score (nSPS) is 13.2. The first kappa shape index (κ1) is 15.7. The van der Waals surface area contributed by atoms with E-state index in [9.17, 15) is 4.39 Å². The zero-order valence-electron chi connectivity index (χ0n) is 13.3. The Kier molecular flexibility index (Phi) is 4.79. The summed E-state index contributed by atoms with van der Waals surface area (Å²) in [6, 6.07) is 16.0. The van der Waals surface area contributed by atoms with E-state index >= 15 is 0 Å². The second kappa shape index (κ2) is 6.40. The van der Waals surface area contributed by atoms with E-state index in [1.165, 1.54) is 5.56 Å². The lowest BCUT2D eigenvalue weighted by Crippen LogP contribution is -2.37. The second-order valence-corrected chi connectivity index (χ2v) is 6.09. The van der Waals surface area contributed by atoms with Crippen LogP contribution in [0.1, 0.15) is 43.5 Å². The molecule has 21 heavy (non-hydrogen) atoms. The van der Waals surface area contributed by atoms with E-state index in [1.807, 2.05) is 18.2 Å². The Morgan fingerprint density at radius 2 is 1.76 bits per heavy atom. The molecule has 0 amide bonds. The predicted octanol–water partition coefficient (Wildman–Crippen LogP) is 4.76. The second-order valence-electron chi connectivity index (χ2n) is 6.09. The highest BCUT2D eigenvalue weighted by atomic mass is 19.1. The molecule has 2 aromatic rings. The Morgan fingerprint density at radius 3 is 2.33 bits per heavy atom. The van der Waals surface area contributed by atoms with Gasteiger partial charge in [-0.3, -0.25) is 0 Å². The van der Waals surface area contributed by atoms with Gasteiger partial charge in [0.05, 0.1) is 0 Å². The Morgan fingerprint density at radius 1 is 1.10 bits per heavy atom. The van der Waals surface area contributed by atoms with Crippen LogP contribution in [0.3, 0.4) is 0 Å². The van der Waals surface area contributed by atoms with Crippen molar-refractivity contribution in [1.82, 2.24) is 5.32 Å². The minimum absolute atomic E-state index is 0.0694. The highest BCUT2D eigenvalue weighted by Gasteiger charge is 2.32. The summed E-state index contributed by atoms with van der Waals surface area (Å²) < 4.78 is 13.9. The maximum atomic E-state index is 13.9. The van der Waals surface area contributed by atoms with E-state index in [4.69, 9.17) is 0 Å². The molecule has 0 aliphatic rings. The Bertz CT molecular complexity index is 590. The Labute approximate surface area is 127 Å². The molecule has 0 saturated heterocycles. The van der Waals surface area contributed by atoms with Crippen LogP contribution in [0.15, 0.2) is 48.5 Å². The van der Waals surface area contributed by atoms with Crippen LogP contribution < -0.4 is 5.32 Å². The predicted molar refractivity (Wildman–Crippen MR) is 87.0 cm³/mol. The van der Waals surface area contributed by atoms with Gasteiger partial charge in [0, 0.05) is 11.5 Å².